The number of esters is 1. The van der Waals surface area contributed by atoms with Crippen molar-refractivity contribution < 1.29 is 22.7 Å². The number of sulfonamides is 1. The zero-order valence-electron chi connectivity index (χ0n) is 16.3. The average Bonchev–Trinajstić information content (AvgIpc) is 3.18. The highest BCUT2D eigenvalue weighted by Crippen LogP contribution is 2.32. The minimum atomic E-state index is -3.86. The van der Waals surface area contributed by atoms with Crippen molar-refractivity contribution in [3.8, 4) is 0 Å². The van der Waals surface area contributed by atoms with Gasteiger partial charge in [0.15, 0.2) is 12.4 Å². The van der Waals surface area contributed by atoms with E-state index in [2.05, 4.69) is 9.82 Å². The first-order valence-corrected chi connectivity index (χ1v) is 11.1. The van der Waals surface area contributed by atoms with Crippen LogP contribution in [0.5, 0.6) is 0 Å². The molecule has 1 aliphatic carbocycles. The van der Waals surface area contributed by atoms with Crippen molar-refractivity contribution in [3.05, 3.63) is 47.8 Å². The Bertz CT molecular complexity index is 960. The second-order valence-corrected chi connectivity index (χ2v) is 8.98. The van der Waals surface area contributed by atoms with E-state index in [0.29, 0.717) is 11.5 Å². The summed E-state index contributed by atoms with van der Waals surface area (Å²) < 4.78 is 32.4. The topological polar surface area (TPSA) is 107 Å². The number of nitrogens with zero attached hydrogens (tertiary/aromatic N) is 2. The molecule has 3 rings (SSSR count). The van der Waals surface area contributed by atoms with E-state index < -0.39 is 29.1 Å². The summed E-state index contributed by atoms with van der Waals surface area (Å²) in [7, 11) is -2.28. The minimum absolute atomic E-state index is 0.0538. The van der Waals surface area contributed by atoms with Gasteiger partial charge in [-0.1, -0.05) is 43.5 Å². The Labute approximate surface area is 170 Å². The lowest BCUT2D eigenvalue weighted by Gasteiger charge is -2.22. The molecule has 1 heterocycles. The molecule has 0 saturated heterocycles. The first kappa shape index (κ1) is 21.2. The lowest BCUT2D eigenvalue weighted by molar-refractivity contribution is -0.141. The molecule has 156 valence electrons. The van der Waals surface area contributed by atoms with Crippen LogP contribution in [0.1, 0.15) is 53.9 Å². The molecule has 0 aliphatic heterocycles. The van der Waals surface area contributed by atoms with E-state index >= 15 is 0 Å². The van der Waals surface area contributed by atoms with Gasteiger partial charge < -0.3 is 4.74 Å². The molecule has 0 spiro atoms. The molecule has 1 aliphatic rings. The number of aryl methyl sites for hydroxylation is 1. The molecule has 0 bridgehead atoms. The number of hydrogen-bond donors (Lipinski definition) is 1. The molecule has 2 aromatic rings. The Kier molecular flexibility index (Phi) is 6.81. The summed E-state index contributed by atoms with van der Waals surface area (Å²) in [5, 5.41) is 3.78. The van der Waals surface area contributed by atoms with Gasteiger partial charge in [0, 0.05) is 18.8 Å². The van der Waals surface area contributed by atoms with Crippen LogP contribution < -0.4 is 4.72 Å². The third kappa shape index (κ3) is 5.74. The quantitative estimate of drug-likeness (QED) is 0.519. The highest BCUT2D eigenvalue weighted by molar-refractivity contribution is 7.89. The fraction of sp³-hybridized carbons (Fsp3) is 0.450. The van der Waals surface area contributed by atoms with Gasteiger partial charge in [-0.25, -0.2) is 8.42 Å². The van der Waals surface area contributed by atoms with Crippen molar-refractivity contribution in [1.29, 1.82) is 0 Å². The van der Waals surface area contributed by atoms with Crippen molar-refractivity contribution in [2.75, 3.05) is 13.2 Å². The second kappa shape index (κ2) is 9.32. The highest BCUT2D eigenvalue weighted by atomic mass is 32.2. The van der Waals surface area contributed by atoms with E-state index in [1.165, 1.54) is 54.7 Å². The number of nitrogens with one attached hydrogen (secondary N) is 1. The van der Waals surface area contributed by atoms with Crippen LogP contribution in [0.25, 0.3) is 0 Å². The minimum Gasteiger partial charge on any atom is -0.456 e. The smallest absolute Gasteiger partial charge is 0.321 e. The molecule has 1 aromatic heterocycles. The third-order valence-corrected chi connectivity index (χ3v) is 6.43. The summed E-state index contributed by atoms with van der Waals surface area (Å²) in [5.41, 5.74) is 1.70. The van der Waals surface area contributed by atoms with Crippen molar-refractivity contribution in [1.82, 2.24) is 14.5 Å². The maximum atomic E-state index is 12.2. The van der Waals surface area contributed by atoms with E-state index in [-0.39, 0.29) is 10.7 Å². The molecule has 0 atom stereocenters. The van der Waals surface area contributed by atoms with Gasteiger partial charge in [0.1, 0.15) is 11.4 Å². The summed E-state index contributed by atoms with van der Waals surface area (Å²) in [6, 6.07) is 7.44. The molecule has 1 saturated carbocycles. The van der Waals surface area contributed by atoms with Gasteiger partial charge in [-0.3, -0.25) is 14.3 Å². The number of hydrogen-bond acceptors (Lipinski definition) is 6. The number of ketones is 1. The molecular formula is C20H25N3O5S. The van der Waals surface area contributed by atoms with Gasteiger partial charge in [0.25, 0.3) is 0 Å². The first-order chi connectivity index (χ1) is 13.8. The molecule has 9 heteroatoms. The van der Waals surface area contributed by atoms with Crippen molar-refractivity contribution >= 4 is 21.8 Å². The SMILES string of the molecule is Cn1cc(S(=O)(=O)NCC(=O)OCC(=O)c2ccc(C3CCCCC3)cc2)cn1. The lowest BCUT2D eigenvalue weighted by atomic mass is 9.84. The Morgan fingerprint density at radius 1 is 1.17 bits per heavy atom. The number of aromatic nitrogens is 2. The zero-order valence-corrected chi connectivity index (χ0v) is 17.2. The summed E-state index contributed by atoms with van der Waals surface area (Å²) in [4.78, 5) is 24.0. The van der Waals surface area contributed by atoms with E-state index in [0.717, 1.165) is 0 Å². The fourth-order valence-corrected chi connectivity index (χ4v) is 4.38. The van der Waals surface area contributed by atoms with Gasteiger partial charge in [0.05, 0.1) is 6.20 Å². The van der Waals surface area contributed by atoms with E-state index in [4.69, 9.17) is 4.74 Å². The first-order valence-electron chi connectivity index (χ1n) is 9.62. The van der Waals surface area contributed by atoms with Gasteiger partial charge >= 0.3 is 5.97 Å². The molecule has 1 N–H and O–H groups in total. The van der Waals surface area contributed by atoms with E-state index in [1.54, 1.807) is 19.2 Å². The fourth-order valence-electron chi connectivity index (χ4n) is 3.43. The Balaban J connectivity index is 1.46. The standard InChI is InChI=1S/C20H25N3O5S/c1-23-13-18(11-21-23)29(26,27)22-12-20(25)28-14-19(24)17-9-7-16(8-10-17)15-5-3-2-4-6-15/h7-11,13,15,22H,2-6,12,14H2,1H3. The van der Waals surface area contributed by atoms with Crippen LogP contribution in [-0.2, 0) is 26.6 Å². The molecule has 0 radical (unpaired) electrons. The average molecular weight is 420 g/mol. The van der Waals surface area contributed by atoms with Crippen LogP contribution in [0, 0.1) is 0 Å². The summed E-state index contributed by atoms with van der Waals surface area (Å²) in [6.07, 6.45) is 8.62. The molecule has 29 heavy (non-hydrogen) atoms. The monoisotopic (exact) mass is 419 g/mol. The van der Waals surface area contributed by atoms with Gasteiger partial charge in [-0.05, 0) is 24.3 Å². The molecule has 1 fully saturated rings. The molecule has 0 amide bonds. The van der Waals surface area contributed by atoms with Gasteiger partial charge in [-0.15, -0.1) is 0 Å². The number of benzene rings is 1. The van der Waals surface area contributed by atoms with E-state index in [9.17, 15) is 18.0 Å². The predicted octanol–water partition coefficient (Wildman–Crippen LogP) is 2.17. The lowest BCUT2D eigenvalue weighted by Crippen LogP contribution is -2.31. The molecular weight excluding hydrogens is 394 g/mol. The van der Waals surface area contributed by atoms with Crippen LogP contribution >= 0.6 is 0 Å². The summed E-state index contributed by atoms with van der Waals surface area (Å²) >= 11 is 0. The third-order valence-electron chi connectivity index (χ3n) is 5.07. The summed E-state index contributed by atoms with van der Waals surface area (Å²) in [5.74, 6) is -0.605. The number of carbonyl (C=O) groups excluding carboxylic acids is 2. The highest BCUT2D eigenvalue weighted by Gasteiger charge is 2.19. The van der Waals surface area contributed by atoms with Gasteiger partial charge in [-0.2, -0.15) is 9.82 Å². The Morgan fingerprint density at radius 3 is 2.48 bits per heavy atom. The number of carbonyl (C=O) groups is 2. The largest absolute Gasteiger partial charge is 0.456 e. The van der Waals surface area contributed by atoms with E-state index in [1.807, 2.05) is 12.1 Å². The van der Waals surface area contributed by atoms with Crippen molar-refractivity contribution in [3.63, 3.8) is 0 Å². The second-order valence-electron chi connectivity index (χ2n) is 7.22. The van der Waals surface area contributed by atoms with Gasteiger partial charge in [0.2, 0.25) is 10.0 Å². The van der Waals surface area contributed by atoms with Crippen molar-refractivity contribution in [2.24, 2.45) is 7.05 Å². The van der Waals surface area contributed by atoms with Crippen LogP contribution in [0.15, 0.2) is 41.6 Å². The predicted molar refractivity (Wildman–Crippen MR) is 106 cm³/mol. The van der Waals surface area contributed by atoms with Crippen molar-refractivity contribution in [2.45, 2.75) is 42.9 Å². The Hall–Kier alpha value is -2.52. The zero-order chi connectivity index (χ0) is 20.9. The molecule has 1 aromatic carbocycles. The van der Waals surface area contributed by atoms with Crippen LogP contribution in [0.4, 0.5) is 0 Å². The summed E-state index contributed by atoms with van der Waals surface area (Å²) in [6.45, 7) is -0.999. The Morgan fingerprint density at radius 2 is 1.86 bits per heavy atom. The molecule has 0 unspecified atom stereocenters. The maximum absolute atomic E-state index is 12.2. The normalized spacial score (nSPS) is 15.2. The van der Waals surface area contributed by atoms with Crippen LogP contribution in [0.2, 0.25) is 0 Å². The van der Waals surface area contributed by atoms with Crippen LogP contribution in [0.3, 0.4) is 0 Å². The molecule has 8 nitrogen and oxygen atoms in total. The maximum Gasteiger partial charge on any atom is 0.321 e. The van der Waals surface area contributed by atoms with Crippen LogP contribution in [-0.4, -0.2) is 43.1 Å². The number of Topliss-reactive ketones (excluding diaryl/α,β-unsaturated/α-hetero) is 1. The number of ether oxygens (including phenoxy) is 1. The number of rotatable bonds is 8.